The van der Waals surface area contributed by atoms with E-state index in [0.717, 1.165) is 29.6 Å². The maximum absolute atomic E-state index is 12.1. The zero-order valence-electron chi connectivity index (χ0n) is 11.0. The molecule has 94 valence electrons. The number of aliphatic hydroxyl groups is 1. The van der Waals surface area contributed by atoms with Crippen molar-refractivity contribution in [3.63, 3.8) is 0 Å². The van der Waals surface area contributed by atoms with Crippen molar-refractivity contribution < 1.29 is 9.90 Å². The largest absolute Gasteiger partial charge is 0.392 e. The summed E-state index contributed by atoms with van der Waals surface area (Å²) in [4.78, 5) is 12.1. The summed E-state index contributed by atoms with van der Waals surface area (Å²) in [5, 5.41) is 9.18. The zero-order chi connectivity index (χ0) is 12.8. The lowest BCUT2D eigenvalue weighted by molar-refractivity contribution is -0.115. The summed E-state index contributed by atoms with van der Waals surface area (Å²) in [6.45, 7) is 5.91. The van der Waals surface area contributed by atoms with E-state index in [0.29, 0.717) is 12.8 Å². The molecule has 0 radical (unpaired) electrons. The van der Waals surface area contributed by atoms with Crippen molar-refractivity contribution in [2.24, 2.45) is 0 Å². The van der Waals surface area contributed by atoms with E-state index in [2.05, 4.69) is 19.1 Å². The Kier molecular flexibility index (Phi) is 5.36. The van der Waals surface area contributed by atoms with E-state index >= 15 is 0 Å². The van der Waals surface area contributed by atoms with Crippen LogP contribution in [0.15, 0.2) is 34.4 Å². The lowest BCUT2D eigenvalue weighted by Crippen LogP contribution is -2.08. The summed E-state index contributed by atoms with van der Waals surface area (Å²) >= 11 is 0. The fraction of sp³-hybridized carbons (Fsp3) is 0.533. The first kappa shape index (κ1) is 13.9. The van der Waals surface area contributed by atoms with Crippen LogP contribution in [0.2, 0.25) is 0 Å². The highest BCUT2D eigenvalue weighted by molar-refractivity contribution is 5.97. The van der Waals surface area contributed by atoms with Gasteiger partial charge >= 0.3 is 0 Å². The number of hydrogen-bond acceptors (Lipinski definition) is 2. The minimum absolute atomic E-state index is 0.0310. The highest BCUT2D eigenvalue weighted by atomic mass is 16.3. The van der Waals surface area contributed by atoms with E-state index in [-0.39, 0.29) is 12.4 Å². The molecule has 0 aromatic heterocycles. The van der Waals surface area contributed by atoms with Crippen LogP contribution in [-0.4, -0.2) is 17.5 Å². The number of aliphatic hydroxyl groups excluding tert-OH is 1. The van der Waals surface area contributed by atoms with Gasteiger partial charge in [0.15, 0.2) is 5.78 Å². The Hall–Kier alpha value is -1.15. The second-order valence-corrected chi connectivity index (χ2v) is 4.86. The summed E-state index contributed by atoms with van der Waals surface area (Å²) < 4.78 is 0. The van der Waals surface area contributed by atoms with Gasteiger partial charge in [0, 0.05) is 12.0 Å². The quantitative estimate of drug-likeness (QED) is 0.558. The third kappa shape index (κ3) is 4.31. The average molecular weight is 234 g/mol. The first-order valence-corrected chi connectivity index (χ1v) is 6.18. The van der Waals surface area contributed by atoms with Gasteiger partial charge in [-0.25, -0.2) is 0 Å². The number of carbonyl (C=O) groups is 1. The van der Waals surface area contributed by atoms with Crippen LogP contribution in [0.5, 0.6) is 0 Å². The Balaban J connectivity index is 3.03. The molecule has 0 saturated carbocycles. The Bertz CT molecular complexity index is 384. The molecule has 0 spiro atoms. The number of allylic oxidation sites excluding steroid dienone is 5. The van der Waals surface area contributed by atoms with Gasteiger partial charge < -0.3 is 5.11 Å². The summed E-state index contributed by atoms with van der Waals surface area (Å²) in [6.07, 6.45) is 7.47. The molecule has 0 unspecified atom stereocenters. The van der Waals surface area contributed by atoms with E-state index in [1.807, 2.05) is 13.8 Å². The predicted octanol–water partition coefficient (Wildman–Crippen LogP) is 3.33. The lowest BCUT2D eigenvalue weighted by atomic mass is 9.94. The molecule has 0 aliphatic heterocycles. The average Bonchev–Trinajstić information content (AvgIpc) is 2.28. The lowest BCUT2D eigenvalue weighted by Gasteiger charge is -2.11. The fourth-order valence-corrected chi connectivity index (χ4v) is 1.98. The summed E-state index contributed by atoms with van der Waals surface area (Å²) in [6, 6.07) is 0. The van der Waals surface area contributed by atoms with E-state index in [4.69, 9.17) is 0 Å². The highest BCUT2D eigenvalue weighted by Crippen LogP contribution is 2.20. The summed E-state index contributed by atoms with van der Waals surface area (Å²) in [5.74, 6) is 0.149. The number of Topliss-reactive ketones (excluding diaryl/α,β-unsaturated/α-hetero) is 1. The molecule has 1 aliphatic rings. The van der Waals surface area contributed by atoms with E-state index in [1.165, 1.54) is 5.57 Å². The molecule has 0 amide bonds. The van der Waals surface area contributed by atoms with Gasteiger partial charge in [-0.2, -0.15) is 0 Å². The maximum Gasteiger partial charge on any atom is 0.163 e. The first-order valence-electron chi connectivity index (χ1n) is 6.18. The molecule has 1 rings (SSSR count). The van der Waals surface area contributed by atoms with Crippen molar-refractivity contribution >= 4 is 5.78 Å². The molecule has 1 aliphatic carbocycles. The SMILES string of the molecule is CC1=CCC/C(C)=C/C/C(=C(\C)CO)C(=O)C1. The smallest absolute Gasteiger partial charge is 0.163 e. The predicted molar refractivity (Wildman–Crippen MR) is 70.8 cm³/mol. The monoisotopic (exact) mass is 234 g/mol. The number of hydrogen-bond donors (Lipinski definition) is 1. The molecule has 0 bridgehead atoms. The Labute approximate surface area is 104 Å². The van der Waals surface area contributed by atoms with Crippen LogP contribution < -0.4 is 0 Å². The molecule has 0 aromatic rings. The van der Waals surface area contributed by atoms with Crippen LogP contribution >= 0.6 is 0 Å². The van der Waals surface area contributed by atoms with E-state index in [1.54, 1.807) is 0 Å². The van der Waals surface area contributed by atoms with E-state index < -0.39 is 0 Å². The molecule has 17 heavy (non-hydrogen) atoms. The van der Waals surface area contributed by atoms with Gasteiger partial charge in [-0.3, -0.25) is 4.79 Å². The maximum atomic E-state index is 12.1. The van der Waals surface area contributed by atoms with Gasteiger partial charge in [-0.1, -0.05) is 23.3 Å². The molecule has 0 atom stereocenters. The van der Waals surface area contributed by atoms with Gasteiger partial charge in [-0.15, -0.1) is 0 Å². The topological polar surface area (TPSA) is 37.3 Å². The number of ketones is 1. The molecular formula is C15H22O2. The Morgan fingerprint density at radius 3 is 2.65 bits per heavy atom. The van der Waals surface area contributed by atoms with Crippen molar-refractivity contribution in [1.82, 2.24) is 0 Å². The van der Waals surface area contributed by atoms with Gasteiger partial charge in [-0.05, 0) is 45.6 Å². The van der Waals surface area contributed by atoms with Gasteiger partial charge in [0.1, 0.15) is 0 Å². The molecule has 1 N–H and O–H groups in total. The van der Waals surface area contributed by atoms with Crippen molar-refractivity contribution in [3.05, 3.63) is 34.4 Å². The number of rotatable bonds is 1. The van der Waals surface area contributed by atoms with Crippen molar-refractivity contribution in [3.8, 4) is 0 Å². The highest BCUT2D eigenvalue weighted by Gasteiger charge is 2.13. The van der Waals surface area contributed by atoms with Crippen molar-refractivity contribution in [1.29, 1.82) is 0 Å². The minimum Gasteiger partial charge on any atom is -0.392 e. The molecular weight excluding hydrogens is 212 g/mol. The molecule has 2 heteroatoms. The van der Waals surface area contributed by atoms with Crippen LogP contribution in [-0.2, 0) is 4.79 Å². The summed E-state index contributed by atoms with van der Waals surface area (Å²) in [7, 11) is 0. The Morgan fingerprint density at radius 1 is 1.29 bits per heavy atom. The third-order valence-corrected chi connectivity index (χ3v) is 3.21. The standard InChI is InChI=1S/C15H22O2/c1-11-5-4-6-12(2)9-15(17)14(8-7-11)13(3)10-16/h6-7,16H,4-5,8-10H2,1-3H3/b11-7+,12-6?,14-13-. The van der Waals surface area contributed by atoms with Gasteiger partial charge in [0.2, 0.25) is 0 Å². The van der Waals surface area contributed by atoms with Crippen LogP contribution in [0, 0.1) is 0 Å². The minimum atomic E-state index is -0.0310. The Morgan fingerprint density at radius 2 is 2.00 bits per heavy atom. The first-order chi connectivity index (χ1) is 8.04. The fourth-order valence-electron chi connectivity index (χ4n) is 1.98. The summed E-state index contributed by atoms with van der Waals surface area (Å²) in [5.41, 5.74) is 4.02. The molecule has 2 nitrogen and oxygen atoms in total. The van der Waals surface area contributed by atoms with E-state index in [9.17, 15) is 9.90 Å². The van der Waals surface area contributed by atoms with Gasteiger partial charge in [0.25, 0.3) is 0 Å². The van der Waals surface area contributed by atoms with Gasteiger partial charge in [0.05, 0.1) is 6.61 Å². The van der Waals surface area contributed by atoms with Crippen LogP contribution in [0.3, 0.4) is 0 Å². The normalized spacial score (nSPS) is 24.8. The number of carbonyl (C=O) groups excluding carboxylic acids is 1. The van der Waals surface area contributed by atoms with Crippen molar-refractivity contribution in [2.75, 3.05) is 6.61 Å². The molecule has 0 aromatic carbocycles. The van der Waals surface area contributed by atoms with Crippen LogP contribution in [0.25, 0.3) is 0 Å². The second kappa shape index (κ2) is 6.55. The molecule has 0 heterocycles. The van der Waals surface area contributed by atoms with Crippen LogP contribution in [0.4, 0.5) is 0 Å². The molecule has 0 fully saturated rings. The second-order valence-electron chi connectivity index (χ2n) is 4.86. The van der Waals surface area contributed by atoms with Crippen LogP contribution in [0.1, 0.15) is 46.5 Å². The van der Waals surface area contributed by atoms with Crippen molar-refractivity contribution in [2.45, 2.75) is 46.5 Å². The zero-order valence-corrected chi connectivity index (χ0v) is 11.0. The third-order valence-electron chi connectivity index (χ3n) is 3.21. The molecule has 0 saturated heterocycles.